The summed E-state index contributed by atoms with van der Waals surface area (Å²) in [7, 11) is 3.87. The minimum absolute atomic E-state index is 0.120. The molecule has 0 saturated heterocycles. The van der Waals surface area contributed by atoms with E-state index < -0.39 is 0 Å². The molecule has 0 radical (unpaired) electrons. The van der Waals surface area contributed by atoms with Crippen molar-refractivity contribution in [2.45, 2.75) is 19.1 Å². The Balaban J connectivity index is 2.50. The summed E-state index contributed by atoms with van der Waals surface area (Å²) in [6, 6.07) is 9.77. The SMILES string of the molecule is C[C@@H](NC[C@@H](O)CN(C)C)c1cccc(C#N)c1. The number of likely N-dealkylation sites (N-methyl/N-ethyl adjacent to an activating group) is 1. The van der Waals surface area contributed by atoms with Crippen molar-refractivity contribution in [3.8, 4) is 6.07 Å². The van der Waals surface area contributed by atoms with Crippen molar-refractivity contribution in [1.82, 2.24) is 10.2 Å². The van der Waals surface area contributed by atoms with Gasteiger partial charge < -0.3 is 15.3 Å². The van der Waals surface area contributed by atoms with E-state index in [1.54, 1.807) is 6.07 Å². The standard InChI is InChI=1S/C14H21N3O/c1-11(16-9-14(18)10-17(2)3)13-6-4-5-12(7-13)8-15/h4-7,11,14,16,18H,9-10H2,1-3H3/t11-,14-/m1/s1. The first-order valence-corrected chi connectivity index (χ1v) is 6.09. The lowest BCUT2D eigenvalue weighted by Gasteiger charge is -2.20. The summed E-state index contributed by atoms with van der Waals surface area (Å²) >= 11 is 0. The van der Waals surface area contributed by atoms with Crippen LogP contribution in [0.3, 0.4) is 0 Å². The fourth-order valence-corrected chi connectivity index (χ4v) is 1.79. The molecule has 98 valence electrons. The third-order valence-corrected chi connectivity index (χ3v) is 2.75. The maximum absolute atomic E-state index is 9.76. The molecule has 1 rings (SSSR count). The van der Waals surface area contributed by atoms with Crippen LogP contribution in [0.1, 0.15) is 24.1 Å². The van der Waals surface area contributed by atoms with Crippen molar-refractivity contribution >= 4 is 0 Å². The minimum atomic E-state index is -0.387. The van der Waals surface area contributed by atoms with Gasteiger partial charge in [0.1, 0.15) is 0 Å². The van der Waals surface area contributed by atoms with Crippen LogP contribution in [0.5, 0.6) is 0 Å². The van der Waals surface area contributed by atoms with E-state index in [1.807, 2.05) is 44.1 Å². The van der Waals surface area contributed by atoms with Gasteiger partial charge in [-0.15, -0.1) is 0 Å². The highest BCUT2D eigenvalue weighted by molar-refractivity contribution is 5.33. The summed E-state index contributed by atoms with van der Waals surface area (Å²) in [6.45, 7) is 3.20. The van der Waals surface area contributed by atoms with Gasteiger partial charge in [0.25, 0.3) is 0 Å². The van der Waals surface area contributed by atoms with E-state index in [0.717, 1.165) is 5.56 Å². The van der Waals surface area contributed by atoms with Gasteiger partial charge >= 0.3 is 0 Å². The number of hydrogen-bond donors (Lipinski definition) is 2. The molecular weight excluding hydrogens is 226 g/mol. The van der Waals surface area contributed by atoms with Crippen LogP contribution in [0.15, 0.2) is 24.3 Å². The van der Waals surface area contributed by atoms with Gasteiger partial charge in [-0.1, -0.05) is 12.1 Å². The van der Waals surface area contributed by atoms with Gasteiger partial charge in [0.15, 0.2) is 0 Å². The Morgan fingerprint density at radius 1 is 1.44 bits per heavy atom. The highest BCUT2D eigenvalue weighted by Crippen LogP contribution is 2.13. The van der Waals surface area contributed by atoms with Crippen LogP contribution < -0.4 is 5.32 Å². The molecule has 4 heteroatoms. The molecule has 0 bridgehead atoms. The lowest BCUT2D eigenvalue weighted by molar-refractivity contribution is 0.132. The molecule has 0 saturated carbocycles. The summed E-state index contributed by atoms with van der Waals surface area (Å²) in [5, 5.41) is 21.9. The lowest BCUT2D eigenvalue weighted by atomic mass is 10.1. The van der Waals surface area contributed by atoms with Crippen LogP contribution in [0, 0.1) is 11.3 Å². The topological polar surface area (TPSA) is 59.3 Å². The van der Waals surface area contributed by atoms with Crippen LogP contribution in [0.25, 0.3) is 0 Å². The van der Waals surface area contributed by atoms with Gasteiger partial charge in [0, 0.05) is 19.1 Å². The third-order valence-electron chi connectivity index (χ3n) is 2.75. The molecule has 1 aromatic carbocycles. The van der Waals surface area contributed by atoms with E-state index in [4.69, 9.17) is 5.26 Å². The summed E-state index contributed by atoms with van der Waals surface area (Å²) in [6.07, 6.45) is -0.387. The fraction of sp³-hybridized carbons (Fsp3) is 0.500. The number of aliphatic hydroxyl groups is 1. The molecule has 0 aromatic heterocycles. The maximum atomic E-state index is 9.76. The Hall–Kier alpha value is -1.41. The zero-order valence-corrected chi connectivity index (χ0v) is 11.2. The number of hydrogen-bond acceptors (Lipinski definition) is 4. The summed E-state index contributed by atoms with van der Waals surface area (Å²) in [5.74, 6) is 0. The van der Waals surface area contributed by atoms with Gasteiger partial charge in [-0.05, 0) is 38.7 Å². The number of aliphatic hydroxyl groups excluding tert-OH is 1. The second-order valence-electron chi connectivity index (χ2n) is 4.78. The largest absolute Gasteiger partial charge is 0.390 e. The van der Waals surface area contributed by atoms with E-state index >= 15 is 0 Å². The summed E-state index contributed by atoms with van der Waals surface area (Å²) in [4.78, 5) is 1.95. The number of benzene rings is 1. The fourth-order valence-electron chi connectivity index (χ4n) is 1.79. The van der Waals surface area contributed by atoms with Crippen LogP contribution >= 0.6 is 0 Å². The Kier molecular flexibility index (Phi) is 5.79. The molecule has 0 aliphatic heterocycles. The predicted octanol–water partition coefficient (Wildman–Crippen LogP) is 1.13. The first kappa shape index (κ1) is 14.7. The molecule has 0 unspecified atom stereocenters. The van der Waals surface area contributed by atoms with Crippen molar-refractivity contribution in [3.63, 3.8) is 0 Å². The Bertz CT molecular complexity index is 412. The van der Waals surface area contributed by atoms with Gasteiger partial charge in [-0.3, -0.25) is 0 Å². The van der Waals surface area contributed by atoms with Gasteiger partial charge in [-0.25, -0.2) is 0 Å². The monoisotopic (exact) mass is 247 g/mol. The number of nitrogens with zero attached hydrogens (tertiary/aromatic N) is 2. The zero-order valence-electron chi connectivity index (χ0n) is 11.2. The molecular formula is C14H21N3O. The second kappa shape index (κ2) is 7.12. The van der Waals surface area contributed by atoms with Gasteiger partial charge in [0.2, 0.25) is 0 Å². The number of rotatable bonds is 6. The molecule has 0 amide bonds. The molecule has 0 aliphatic carbocycles. The number of nitriles is 1. The van der Waals surface area contributed by atoms with Crippen LogP contribution in [-0.4, -0.2) is 43.3 Å². The molecule has 0 spiro atoms. The lowest BCUT2D eigenvalue weighted by Crippen LogP contribution is -2.36. The summed E-state index contributed by atoms with van der Waals surface area (Å²) < 4.78 is 0. The molecule has 18 heavy (non-hydrogen) atoms. The highest BCUT2D eigenvalue weighted by Gasteiger charge is 2.09. The molecule has 0 heterocycles. The minimum Gasteiger partial charge on any atom is -0.390 e. The number of nitrogens with one attached hydrogen (secondary N) is 1. The normalized spacial score (nSPS) is 14.2. The molecule has 0 aliphatic rings. The first-order chi connectivity index (χ1) is 8.52. The average Bonchev–Trinajstić information content (AvgIpc) is 2.35. The van der Waals surface area contributed by atoms with Crippen molar-refractivity contribution in [2.75, 3.05) is 27.2 Å². The Morgan fingerprint density at radius 2 is 2.17 bits per heavy atom. The molecule has 4 nitrogen and oxygen atoms in total. The zero-order chi connectivity index (χ0) is 13.5. The van der Waals surface area contributed by atoms with Crippen LogP contribution in [0.2, 0.25) is 0 Å². The third kappa shape index (κ3) is 4.84. The van der Waals surface area contributed by atoms with Crippen molar-refractivity contribution in [2.24, 2.45) is 0 Å². The van der Waals surface area contributed by atoms with E-state index in [0.29, 0.717) is 18.7 Å². The van der Waals surface area contributed by atoms with E-state index in [2.05, 4.69) is 11.4 Å². The molecule has 1 aromatic rings. The molecule has 0 fully saturated rings. The van der Waals surface area contributed by atoms with Gasteiger partial charge in [-0.2, -0.15) is 5.26 Å². The quantitative estimate of drug-likeness (QED) is 0.791. The Morgan fingerprint density at radius 3 is 2.78 bits per heavy atom. The predicted molar refractivity (Wildman–Crippen MR) is 72.1 cm³/mol. The first-order valence-electron chi connectivity index (χ1n) is 6.09. The second-order valence-corrected chi connectivity index (χ2v) is 4.78. The van der Waals surface area contributed by atoms with Crippen LogP contribution in [0.4, 0.5) is 0 Å². The average molecular weight is 247 g/mol. The molecule has 2 atom stereocenters. The van der Waals surface area contributed by atoms with E-state index in [1.165, 1.54) is 0 Å². The van der Waals surface area contributed by atoms with E-state index in [-0.39, 0.29) is 12.1 Å². The maximum Gasteiger partial charge on any atom is 0.0991 e. The van der Waals surface area contributed by atoms with Gasteiger partial charge in [0.05, 0.1) is 17.7 Å². The van der Waals surface area contributed by atoms with Crippen LogP contribution in [-0.2, 0) is 0 Å². The summed E-state index contributed by atoms with van der Waals surface area (Å²) in [5.41, 5.74) is 1.72. The van der Waals surface area contributed by atoms with Crippen molar-refractivity contribution in [3.05, 3.63) is 35.4 Å². The highest BCUT2D eigenvalue weighted by atomic mass is 16.3. The molecule has 2 N–H and O–H groups in total. The Labute approximate surface area is 109 Å². The van der Waals surface area contributed by atoms with Crippen molar-refractivity contribution in [1.29, 1.82) is 5.26 Å². The smallest absolute Gasteiger partial charge is 0.0991 e. The van der Waals surface area contributed by atoms with E-state index in [9.17, 15) is 5.11 Å². The van der Waals surface area contributed by atoms with Crippen molar-refractivity contribution < 1.29 is 5.11 Å².